The second-order valence-corrected chi connectivity index (χ2v) is 8.93. The molecule has 9 nitrogen and oxygen atoms in total. The molecule has 2 aromatic heterocycles. The third-order valence-electron chi connectivity index (χ3n) is 5.38. The van der Waals surface area contributed by atoms with Crippen molar-refractivity contribution in [2.45, 2.75) is 25.3 Å². The number of aromatic nitrogens is 1. The minimum absolute atomic E-state index is 0.0889. The van der Waals surface area contributed by atoms with Gasteiger partial charge in [-0.2, -0.15) is 5.26 Å². The van der Waals surface area contributed by atoms with Gasteiger partial charge in [0.25, 0.3) is 5.91 Å². The average Bonchev–Trinajstić information content (AvgIpc) is 3.43. The zero-order chi connectivity index (χ0) is 25.5. The Morgan fingerprint density at radius 3 is 2.57 bits per heavy atom. The molecule has 2 heterocycles. The first-order chi connectivity index (χ1) is 16.7. The Kier molecular flexibility index (Phi) is 8.39. The smallest absolute Gasteiger partial charge is 0.339 e. The zero-order valence-corrected chi connectivity index (χ0v) is 20.8. The summed E-state index contributed by atoms with van der Waals surface area (Å²) >= 11 is 1.22. The van der Waals surface area contributed by atoms with E-state index < -0.39 is 18.5 Å². The minimum atomic E-state index is -0.681. The molecule has 0 aliphatic carbocycles. The Morgan fingerprint density at radius 2 is 1.91 bits per heavy atom. The van der Waals surface area contributed by atoms with E-state index in [0.717, 1.165) is 11.3 Å². The fourth-order valence-corrected chi connectivity index (χ4v) is 4.31. The summed E-state index contributed by atoms with van der Waals surface area (Å²) in [5.74, 6) is -0.205. The van der Waals surface area contributed by atoms with E-state index in [1.807, 2.05) is 6.92 Å². The number of carbonyl (C=O) groups is 3. The molecule has 0 radical (unpaired) electrons. The molecule has 1 N–H and O–H groups in total. The van der Waals surface area contributed by atoms with Crippen LogP contribution in [0, 0.1) is 25.2 Å². The number of carbonyl (C=O) groups excluding carboxylic acids is 3. The van der Waals surface area contributed by atoms with Crippen molar-refractivity contribution in [1.29, 1.82) is 5.26 Å². The number of hydrogen-bond donors (Lipinski definition) is 1. The fraction of sp³-hybridized carbons (Fsp3) is 0.280. The minimum Gasteiger partial charge on any atom is -0.467 e. The van der Waals surface area contributed by atoms with E-state index >= 15 is 0 Å². The first-order valence-electron chi connectivity index (χ1n) is 10.7. The van der Waals surface area contributed by atoms with Crippen LogP contribution in [0.3, 0.4) is 0 Å². The Hall–Kier alpha value is -3.97. The van der Waals surface area contributed by atoms with Crippen molar-refractivity contribution in [3.63, 3.8) is 0 Å². The monoisotopic (exact) mass is 494 g/mol. The summed E-state index contributed by atoms with van der Waals surface area (Å²) in [4.78, 5) is 39.3. The van der Waals surface area contributed by atoms with Crippen LogP contribution in [0.2, 0.25) is 0 Å². The molecular weight excluding hydrogens is 468 g/mol. The second-order valence-electron chi connectivity index (χ2n) is 7.91. The van der Waals surface area contributed by atoms with Gasteiger partial charge in [-0.1, -0.05) is 12.1 Å². The molecule has 3 rings (SSSR count). The van der Waals surface area contributed by atoms with E-state index in [9.17, 15) is 19.6 Å². The number of thioether (sulfide) groups is 1. The topological polar surface area (TPSA) is 118 Å². The van der Waals surface area contributed by atoms with Gasteiger partial charge in [-0.25, -0.2) is 4.79 Å². The van der Waals surface area contributed by atoms with E-state index in [1.165, 1.54) is 16.7 Å². The first kappa shape index (κ1) is 25.6. The Balaban J connectivity index is 1.70. The van der Waals surface area contributed by atoms with Crippen LogP contribution < -0.4 is 5.32 Å². The number of nitrogens with zero attached hydrogens (tertiary/aromatic N) is 3. The lowest BCUT2D eigenvalue weighted by atomic mass is 10.2. The maximum Gasteiger partial charge on any atom is 0.339 e. The van der Waals surface area contributed by atoms with E-state index in [4.69, 9.17) is 9.15 Å². The van der Waals surface area contributed by atoms with Crippen LogP contribution >= 0.6 is 11.8 Å². The number of benzene rings is 1. The molecule has 3 aromatic rings. The predicted molar refractivity (Wildman–Crippen MR) is 131 cm³/mol. The maximum atomic E-state index is 12.7. The van der Waals surface area contributed by atoms with Crippen LogP contribution in [0.5, 0.6) is 0 Å². The number of anilines is 1. The quantitative estimate of drug-likeness (QED) is 0.357. The summed E-state index contributed by atoms with van der Waals surface area (Å²) in [5.41, 5.74) is 2.15. The third-order valence-corrected chi connectivity index (χ3v) is 6.44. The SMILES string of the molecule is Cc1c(C#N)c(NC(=O)COC(=O)c2ccccc2SCC(=O)N(C)C)n(Cc2ccco2)c1C. The Labute approximate surface area is 207 Å². The van der Waals surface area contributed by atoms with Gasteiger partial charge in [0, 0.05) is 24.7 Å². The fourth-order valence-electron chi connectivity index (χ4n) is 3.29. The summed E-state index contributed by atoms with van der Waals surface area (Å²) in [6, 6.07) is 12.4. The number of rotatable bonds is 9. The molecule has 0 fully saturated rings. The van der Waals surface area contributed by atoms with Gasteiger partial charge in [0.2, 0.25) is 5.91 Å². The molecule has 10 heteroatoms. The summed E-state index contributed by atoms with van der Waals surface area (Å²) < 4.78 is 12.4. The van der Waals surface area contributed by atoms with Crippen LogP contribution in [-0.2, 0) is 20.9 Å². The average molecular weight is 495 g/mol. The van der Waals surface area contributed by atoms with Crippen LogP contribution in [0.1, 0.15) is 32.9 Å². The predicted octanol–water partition coefficient (Wildman–Crippen LogP) is 3.59. The van der Waals surface area contributed by atoms with E-state index in [0.29, 0.717) is 28.6 Å². The number of esters is 1. The van der Waals surface area contributed by atoms with Crippen LogP contribution in [-0.4, -0.2) is 53.7 Å². The largest absolute Gasteiger partial charge is 0.467 e. The van der Waals surface area contributed by atoms with Crippen LogP contribution in [0.25, 0.3) is 0 Å². The van der Waals surface area contributed by atoms with E-state index in [-0.39, 0.29) is 17.2 Å². The van der Waals surface area contributed by atoms with Crippen molar-refractivity contribution in [2.24, 2.45) is 0 Å². The van der Waals surface area contributed by atoms with Crippen molar-refractivity contribution in [1.82, 2.24) is 9.47 Å². The molecule has 0 saturated heterocycles. The van der Waals surface area contributed by atoms with E-state index in [1.54, 1.807) is 68.2 Å². The summed E-state index contributed by atoms with van der Waals surface area (Å²) in [6.45, 7) is 3.44. The molecule has 182 valence electrons. The van der Waals surface area contributed by atoms with Gasteiger partial charge in [0.05, 0.1) is 29.7 Å². The Morgan fingerprint density at radius 1 is 1.17 bits per heavy atom. The van der Waals surface area contributed by atoms with Crippen molar-refractivity contribution in [3.8, 4) is 6.07 Å². The highest BCUT2D eigenvalue weighted by atomic mass is 32.2. The molecule has 0 bridgehead atoms. The summed E-state index contributed by atoms with van der Waals surface area (Å²) in [5, 5.41) is 12.3. The van der Waals surface area contributed by atoms with Gasteiger partial charge in [-0.15, -0.1) is 11.8 Å². The Bertz CT molecular complexity index is 1270. The molecule has 0 unspecified atom stereocenters. The lowest BCUT2D eigenvalue weighted by Gasteiger charge is -2.13. The first-order valence-corrected chi connectivity index (χ1v) is 11.7. The van der Waals surface area contributed by atoms with Crippen molar-refractivity contribution in [2.75, 3.05) is 31.8 Å². The highest BCUT2D eigenvalue weighted by molar-refractivity contribution is 8.00. The number of furan rings is 1. The van der Waals surface area contributed by atoms with Crippen molar-refractivity contribution < 1.29 is 23.5 Å². The van der Waals surface area contributed by atoms with Gasteiger partial charge in [0.15, 0.2) is 6.61 Å². The molecule has 0 saturated carbocycles. The van der Waals surface area contributed by atoms with Crippen LogP contribution in [0.15, 0.2) is 52.0 Å². The summed E-state index contributed by atoms with van der Waals surface area (Å²) in [6.07, 6.45) is 1.55. The van der Waals surface area contributed by atoms with Gasteiger partial charge in [0.1, 0.15) is 17.6 Å². The molecule has 0 spiro atoms. The highest BCUT2D eigenvalue weighted by Crippen LogP contribution is 2.28. The van der Waals surface area contributed by atoms with Gasteiger partial charge >= 0.3 is 5.97 Å². The van der Waals surface area contributed by atoms with Crippen LogP contribution in [0.4, 0.5) is 5.82 Å². The van der Waals surface area contributed by atoms with Gasteiger partial charge in [-0.3, -0.25) is 9.59 Å². The molecule has 35 heavy (non-hydrogen) atoms. The number of nitrogens with one attached hydrogen (secondary N) is 1. The molecule has 0 aliphatic heterocycles. The van der Waals surface area contributed by atoms with Gasteiger partial charge in [-0.05, 0) is 43.7 Å². The second kappa shape index (κ2) is 11.4. The van der Waals surface area contributed by atoms with Crippen molar-refractivity contribution in [3.05, 3.63) is 70.8 Å². The lowest BCUT2D eigenvalue weighted by Crippen LogP contribution is -2.24. The third kappa shape index (κ3) is 6.13. The molecule has 1 aromatic carbocycles. The number of amides is 2. The number of nitriles is 1. The maximum absolute atomic E-state index is 12.7. The molecule has 0 aliphatic rings. The summed E-state index contributed by atoms with van der Waals surface area (Å²) in [7, 11) is 3.32. The number of hydrogen-bond acceptors (Lipinski definition) is 7. The zero-order valence-electron chi connectivity index (χ0n) is 20.0. The molecular formula is C25H26N4O5S. The molecule has 0 atom stereocenters. The highest BCUT2D eigenvalue weighted by Gasteiger charge is 2.22. The lowest BCUT2D eigenvalue weighted by molar-refractivity contribution is -0.125. The standard InChI is InChI=1S/C25H26N4O5S/c1-16-17(2)29(13-18-8-7-11-33-18)24(20(16)12-26)27-22(30)14-34-25(32)19-9-5-6-10-21(19)35-15-23(31)28(3)4/h5-11H,13-15H2,1-4H3,(H,27,30). The van der Waals surface area contributed by atoms with E-state index in [2.05, 4.69) is 11.4 Å². The normalized spacial score (nSPS) is 10.5. The van der Waals surface area contributed by atoms with Crippen molar-refractivity contribution >= 4 is 35.4 Å². The van der Waals surface area contributed by atoms with Gasteiger partial charge < -0.3 is 23.9 Å². The number of ether oxygens (including phenoxy) is 1. The molecule has 2 amide bonds.